The first-order chi connectivity index (χ1) is 15.0. The summed E-state index contributed by atoms with van der Waals surface area (Å²) in [6.07, 6.45) is 7.92. The lowest BCUT2D eigenvalue weighted by Gasteiger charge is -2.30. The van der Waals surface area contributed by atoms with Gasteiger partial charge in [-0.15, -0.1) is 0 Å². The van der Waals surface area contributed by atoms with Crippen molar-refractivity contribution in [1.82, 2.24) is 19.9 Å². The number of benzene rings is 1. The van der Waals surface area contributed by atoms with E-state index in [9.17, 15) is 4.79 Å². The molecule has 1 aromatic carbocycles. The van der Waals surface area contributed by atoms with Crippen molar-refractivity contribution in [3.63, 3.8) is 0 Å². The number of nitrogens with one attached hydrogen (secondary N) is 2. The number of aromatic nitrogens is 3. The Bertz CT molecular complexity index is 1090. The van der Waals surface area contributed by atoms with Gasteiger partial charge in [0.15, 0.2) is 0 Å². The number of H-pyrrole nitrogens is 1. The van der Waals surface area contributed by atoms with Crippen LogP contribution < -0.4 is 5.32 Å². The first kappa shape index (κ1) is 21.4. The van der Waals surface area contributed by atoms with Gasteiger partial charge in [-0.25, -0.2) is 9.97 Å². The Morgan fingerprint density at radius 3 is 2.74 bits per heavy atom. The van der Waals surface area contributed by atoms with Gasteiger partial charge < -0.3 is 15.2 Å². The second-order valence-electron chi connectivity index (χ2n) is 7.96. The number of hydrogen-bond donors (Lipinski definition) is 2. The number of fused-ring (bicyclic) bond motifs is 1. The zero-order chi connectivity index (χ0) is 21.8. The first-order valence-corrected chi connectivity index (χ1v) is 12.1. The summed E-state index contributed by atoms with van der Waals surface area (Å²) in [5.74, 6) is 1.55. The Labute approximate surface area is 187 Å². The molecule has 31 heavy (non-hydrogen) atoms. The van der Waals surface area contributed by atoms with Crippen LogP contribution in [-0.4, -0.2) is 56.9 Å². The van der Waals surface area contributed by atoms with E-state index in [0.29, 0.717) is 12.5 Å². The summed E-state index contributed by atoms with van der Waals surface area (Å²) < 4.78 is 0. The molecule has 0 bridgehead atoms. The van der Waals surface area contributed by atoms with E-state index in [1.165, 1.54) is 16.5 Å². The number of aryl methyl sites for hydroxylation is 2. The first-order valence-electron chi connectivity index (χ1n) is 10.7. The van der Waals surface area contributed by atoms with E-state index in [1.807, 2.05) is 30.9 Å². The zero-order valence-electron chi connectivity index (χ0n) is 18.3. The molecule has 0 saturated heterocycles. The molecule has 162 valence electrons. The minimum atomic E-state index is -0.323. The zero-order valence-corrected chi connectivity index (χ0v) is 19.1. The Hall–Kier alpha value is -2.80. The molecule has 0 fully saturated rings. The molecule has 0 saturated carbocycles. The van der Waals surface area contributed by atoms with Crippen LogP contribution in [0, 0.1) is 13.8 Å². The van der Waals surface area contributed by atoms with Gasteiger partial charge in [0.2, 0.25) is 11.9 Å². The fourth-order valence-corrected chi connectivity index (χ4v) is 4.58. The summed E-state index contributed by atoms with van der Waals surface area (Å²) in [5, 5.41) is 4.54. The lowest BCUT2D eigenvalue weighted by atomic mass is 9.98. The maximum atomic E-state index is 13.3. The molecule has 0 aliphatic carbocycles. The number of nitrogens with zero attached hydrogens (tertiary/aromatic N) is 3. The van der Waals surface area contributed by atoms with Crippen LogP contribution in [0.25, 0.3) is 16.5 Å². The molecular weight excluding hydrogens is 406 g/mol. The van der Waals surface area contributed by atoms with E-state index in [-0.39, 0.29) is 11.9 Å². The predicted octanol–water partition coefficient (Wildman–Crippen LogP) is 4.42. The number of aromatic amines is 1. The molecule has 1 atom stereocenters. The highest BCUT2D eigenvalue weighted by atomic mass is 32.2. The summed E-state index contributed by atoms with van der Waals surface area (Å²) in [7, 11) is 0. The average molecular weight is 436 g/mol. The SMILES string of the molecule is CSCCC(Nc1nc(C)cc(C)n1)C(=O)N1CC=C(c2c[nH]c3ccccc23)CC1. The summed E-state index contributed by atoms with van der Waals surface area (Å²) >= 11 is 1.74. The molecule has 3 aromatic rings. The van der Waals surface area contributed by atoms with Crippen molar-refractivity contribution < 1.29 is 4.79 Å². The monoisotopic (exact) mass is 435 g/mol. The highest BCUT2D eigenvalue weighted by molar-refractivity contribution is 7.98. The van der Waals surface area contributed by atoms with Crippen molar-refractivity contribution in [2.45, 2.75) is 32.7 Å². The fraction of sp³-hybridized carbons (Fsp3) is 0.375. The highest BCUT2D eigenvalue weighted by Crippen LogP contribution is 2.29. The lowest BCUT2D eigenvalue weighted by Crippen LogP contribution is -2.45. The molecule has 1 aliphatic rings. The third-order valence-electron chi connectivity index (χ3n) is 5.65. The van der Waals surface area contributed by atoms with Crippen LogP contribution in [0.4, 0.5) is 5.95 Å². The maximum absolute atomic E-state index is 13.3. The van der Waals surface area contributed by atoms with E-state index >= 15 is 0 Å². The largest absolute Gasteiger partial charge is 0.361 e. The Kier molecular flexibility index (Phi) is 6.61. The second kappa shape index (κ2) is 9.56. The quantitative estimate of drug-likeness (QED) is 0.575. The van der Waals surface area contributed by atoms with E-state index in [2.05, 4.69) is 57.0 Å². The van der Waals surface area contributed by atoms with Gasteiger partial charge in [0, 0.05) is 47.1 Å². The van der Waals surface area contributed by atoms with Crippen LogP contribution in [0.2, 0.25) is 0 Å². The molecule has 0 spiro atoms. The van der Waals surface area contributed by atoms with Crippen molar-refractivity contribution in [2.24, 2.45) is 0 Å². The van der Waals surface area contributed by atoms with Crippen molar-refractivity contribution in [1.29, 1.82) is 0 Å². The number of para-hydroxylation sites is 1. The molecule has 4 rings (SSSR count). The van der Waals surface area contributed by atoms with Gasteiger partial charge in [0.1, 0.15) is 6.04 Å². The number of hydrogen-bond acceptors (Lipinski definition) is 5. The fourth-order valence-electron chi connectivity index (χ4n) is 4.11. The predicted molar refractivity (Wildman–Crippen MR) is 129 cm³/mol. The van der Waals surface area contributed by atoms with E-state index < -0.39 is 0 Å². The number of rotatable bonds is 7. The van der Waals surface area contributed by atoms with Crippen LogP contribution in [0.5, 0.6) is 0 Å². The van der Waals surface area contributed by atoms with Gasteiger partial charge in [0.05, 0.1) is 0 Å². The molecule has 1 unspecified atom stereocenters. The second-order valence-corrected chi connectivity index (χ2v) is 8.95. The molecule has 6 nitrogen and oxygen atoms in total. The van der Waals surface area contributed by atoms with Gasteiger partial charge >= 0.3 is 0 Å². The molecular formula is C24H29N5OS. The topological polar surface area (TPSA) is 73.9 Å². The van der Waals surface area contributed by atoms with E-state index in [1.54, 1.807) is 11.8 Å². The third-order valence-corrected chi connectivity index (χ3v) is 6.29. The van der Waals surface area contributed by atoms with Crippen molar-refractivity contribution in [3.8, 4) is 0 Å². The number of anilines is 1. The molecule has 1 aliphatic heterocycles. The number of carbonyl (C=O) groups is 1. The number of thioether (sulfide) groups is 1. The van der Waals surface area contributed by atoms with Crippen LogP contribution >= 0.6 is 11.8 Å². The van der Waals surface area contributed by atoms with Crippen LogP contribution in [0.3, 0.4) is 0 Å². The van der Waals surface area contributed by atoms with Crippen LogP contribution in [0.1, 0.15) is 29.8 Å². The Morgan fingerprint density at radius 1 is 1.26 bits per heavy atom. The number of carbonyl (C=O) groups excluding carboxylic acids is 1. The van der Waals surface area contributed by atoms with Gasteiger partial charge in [-0.2, -0.15) is 11.8 Å². The van der Waals surface area contributed by atoms with Crippen LogP contribution in [-0.2, 0) is 4.79 Å². The molecule has 2 aromatic heterocycles. The van der Waals surface area contributed by atoms with Crippen molar-refractivity contribution in [2.75, 3.05) is 30.4 Å². The van der Waals surface area contributed by atoms with Crippen LogP contribution in [0.15, 0.2) is 42.6 Å². The summed E-state index contributed by atoms with van der Waals surface area (Å²) in [4.78, 5) is 27.6. The third kappa shape index (κ3) is 4.93. The number of amides is 1. The summed E-state index contributed by atoms with van der Waals surface area (Å²) in [5.41, 5.74) is 5.48. The highest BCUT2D eigenvalue weighted by Gasteiger charge is 2.27. The van der Waals surface area contributed by atoms with E-state index in [4.69, 9.17) is 0 Å². The maximum Gasteiger partial charge on any atom is 0.245 e. The molecule has 0 radical (unpaired) electrons. The smallest absolute Gasteiger partial charge is 0.245 e. The lowest BCUT2D eigenvalue weighted by molar-refractivity contribution is -0.131. The molecule has 1 amide bonds. The normalized spacial score (nSPS) is 15.1. The standard InChI is InChI=1S/C24H29N5OS/c1-16-14-17(2)27-24(26-16)28-22(10-13-31-3)23(30)29-11-8-18(9-12-29)20-15-25-21-7-5-4-6-19(20)21/h4-8,14-15,22,25H,9-13H2,1-3H3,(H,26,27,28). The average Bonchev–Trinajstić information content (AvgIpc) is 3.20. The van der Waals surface area contributed by atoms with Gasteiger partial charge in [-0.3, -0.25) is 4.79 Å². The minimum absolute atomic E-state index is 0.117. The Morgan fingerprint density at radius 2 is 2.03 bits per heavy atom. The Balaban J connectivity index is 1.48. The molecule has 2 N–H and O–H groups in total. The van der Waals surface area contributed by atoms with Gasteiger partial charge in [-0.05, 0) is 56.4 Å². The summed E-state index contributed by atoms with van der Waals surface area (Å²) in [6, 6.07) is 9.96. The molecule has 3 heterocycles. The van der Waals surface area contributed by atoms with E-state index in [0.717, 1.165) is 42.0 Å². The van der Waals surface area contributed by atoms with Crippen molar-refractivity contribution >= 4 is 40.1 Å². The van der Waals surface area contributed by atoms with Gasteiger partial charge in [-0.1, -0.05) is 24.3 Å². The van der Waals surface area contributed by atoms with Gasteiger partial charge in [0.25, 0.3) is 0 Å². The summed E-state index contributed by atoms with van der Waals surface area (Å²) in [6.45, 7) is 5.23. The minimum Gasteiger partial charge on any atom is -0.361 e. The van der Waals surface area contributed by atoms with Crippen molar-refractivity contribution in [3.05, 3.63) is 59.6 Å². The molecule has 7 heteroatoms.